The van der Waals surface area contributed by atoms with E-state index in [4.69, 9.17) is 9.47 Å². The normalized spacial score (nSPS) is 16.9. The highest BCUT2D eigenvalue weighted by Gasteiger charge is 2.35. The van der Waals surface area contributed by atoms with Gasteiger partial charge in [-0.2, -0.15) is 0 Å². The second-order valence-electron chi connectivity index (χ2n) is 7.09. The van der Waals surface area contributed by atoms with Crippen molar-refractivity contribution in [2.75, 3.05) is 34.4 Å². The van der Waals surface area contributed by atoms with E-state index < -0.39 is 0 Å². The lowest BCUT2D eigenvalue weighted by atomic mass is 9.69. The number of benzene rings is 1. The summed E-state index contributed by atoms with van der Waals surface area (Å²) in [7, 11) is 5.18. The summed E-state index contributed by atoms with van der Waals surface area (Å²) in [5.41, 5.74) is 1.21. The Morgan fingerprint density at radius 2 is 1.81 bits per heavy atom. The first-order chi connectivity index (χ1) is 12.1. The van der Waals surface area contributed by atoms with Gasteiger partial charge in [0.15, 0.2) is 11.5 Å². The second-order valence-corrected chi connectivity index (χ2v) is 7.09. The molecular formula is C20H33ClN2O3. The van der Waals surface area contributed by atoms with E-state index in [2.05, 4.69) is 22.8 Å². The minimum absolute atomic E-state index is 0. The van der Waals surface area contributed by atoms with Gasteiger partial charge >= 0.3 is 0 Å². The van der Waals surface area contributed by atoms with E-state index >= 15 is 0 Å². The summed E-state index contributed by atoms with van der Waals surface area (Å²) in [5, 5.41) is 6.26. The van der Waals surface area contributed by atoms with Crippen LogP contribution in [0.2, 0.25) is 0 Å². The van der Waals surface area contributed by atoms with Crippen LogP contribution in [0.3, 0.4) is 0 Å². The fourth-order valence-corrected chi connectivity index (χ4v) is 3.79. The molecule has 1 saturated carbocycles. The highest BCUT2D eigenvalue weighted by Crippen LogP contribution is 2.42. The number of hydrogen-bond donors (Lipinski definition) is 2. The molecule has 148 valence electrons. The van der Waals surface area contributed by atoms with Gasteiger partial charge in [0, 0.05) is 24.4 Å². The van der Waals surface area contributed by atoms with Crippen molar-refractivity contribution in [2.45, 2.75) is 44.4 Å². The fraction of sp³-hybridized carbons (Fsp3) is 0.650. The SMILES string of the molecule is CNCC(C)C(=O)NCC1(c2ccc(OC)c(OC)c2)CCCCC1.Cl. The van der Waals surface area contributed by atoms with Crippen LogP contribution in [0.15, 0.2) is 18.2 Å². The average Bonchev–Trinajstić information content (AvgIpc) is 2.66. The van der Waals surface area contributed by atoms with Crippen molar-refractivity contribution in [1.29, 1.82) is 0 Å². The summed E-state index contributed by atoms with van der Waals surface area (Å²) in [4.78, 5) is 12.4. The molecule has 0 bridgehead atoms. The predicted molar refractivity (Wildman–Crippen MR) is 108 cm³/mol. The van der Waals surface area contributed by atoms with Crippen LogP contribution in [0.25, 0.3) is 0 Å². The van der Waals surface area contributed by atoms with Gasteiger partial charge in [0.05, 0.1) is 14.2 Å². The lowest BCUT2D eigenvalue weighted by Crippen LogP contribution is -2.44. The monoisotopic (exact) mass is 384 g/mol. The summed E-state index contributed by atoms with van der Waals surface area (Å²) in [6, 6.07) is 6.17. The number of halogens is 1. The first-order valence-electron chi connectivity index (χ1n) is 9.21. The molecule has 26 heavy (non-hydrogen) atoms. The number of carbonyl (C=O) groups excluding carboxylic acids is 1. The molecule has 1 fully saturated rings. The maximum Gasteiger partial charge on any atom is 0.224 e. The number of ether oxygens (including phenoxy) is 2. The molecule has 1 aromatic carbocycles. The Bertz CT molecular complexity index is 574. The minimum atomic E-state index is -0.0314. The number of nitrogens with one attached hydrogen (secondary N) is 2. The number of carbonyl (C=O) groups is 1. The summed E-state index contributed by atoms with van der Waals surface area (Å²) in [5.74, 6) is 1.57. The van der Waals surface area contributed by atoms with Gasteiger partial charge in [-0.3, -0.25) is 4.79 Å². The van der Waals surface area contributed by atoms with Gasteiger partial charge in [0.1, 0.15) is 0 Å². The van der Waals surface area contributed by atoms with E-state index in [9.17, 15) is 4.79 Å². The number of methoxy groups -OCH3 is 2. The highest BCUT2D eigenvalue weighted by atomic mass is 35.5. The van der Waals surface area contributed by atoms with Gasteiger partial charge in [-0.25, -0.2) is 0 Å². The largest absolute Gasteiger partial charge is 0.493 e. The van der Waals surface area contributed by atoms with Gasteiger partial charge in [-0.1, -0.05) is 32.3 Å². The van der Waals surface area contributed by atoms with Crippen LogP contribution in [0.4, 0.5) is 0 Å². The maximum absolute atomic E-state index is 12.4. The Labute approximate surface area is 163 Å². The van der Waals surface area contributed by atoms with E-state index in [1.807, 2.05) is 20.0 Å². The van der Waals surface area contributed by atoms with Gasteiger partial charge < -0.3 is 20.1 Å². The van der Waals surface area contributed by atoms with Crippen molar-refractivity contribution in [1.82, 2.24) is 10.6 Å². The van der Waals surface area contributed by atoms with Crippen molar-refractivity contribution < 1.29 is 14.3 Å². The van der Waals surface area contributed by atoms with Crippen molar-refractivity contribution in [3.05, 3.63) is 23.8 Å². The third kappa shape index (κ3) is 5.27. The van der Waals surface area contributed by atoms with Crippen LogP contribution >= 0.6 is 12.4 Å². The molecule has 2 rings (SSSR count). The molecule has 1 aliphatic carbocycles. The Balaban J connectivity index is 0.00000338. The van der Waals surface area contributed by atoms with Crippen molar-refractivity contribution in [3.63, 3.8) is 0 Å². The van der Waals surface area contributed by atoms with Gasteiger partial charge in [-0.15, -0.1) is 12.4 Å². The molecule has 0 heterocycles. The third-order valence-electron chi connectivity index (χ3n) is 5.37. The molecule has 1 aromatic rings. The third-order valence-corrected chi connectivity index (χ3v) is 5.37. The average molecular weight is 385 g/mol. The zero-order valence-corrected chi connectivity index (χ0v) is 17.2. The molecule has 1 aliphatic rings. The maximum atomic E-state index is 12.4. The molecule has 1 atom stereocenters. The molecule has 5 nitrogen and oxygen atoms in total. The number of amides is 1. The van der Waals surface area contributed by atoms with Crippen LogP contribution in [0.1, 0.15) is 44.6 Å². The van der Waals surface area contributed by atoms with Crippen LogP contribution in [-0.2, 0) is 10.2 Å². The molecule has 0 aliphatic heterocycles. The van der Waals surface area contributed by atoms with Crippen molar-refractivity contribution >= 4 is 18.3 Å². The number of rotatable bonds is 8. The topological polar surface area (TPSA) is 59.6 Å². The summed E-state index contributed by atoms with van der Waals surface area (Å²) in [6.45, 7) is 3.32. The molecule has 0 saturated heterocycles. The first-order valence-corrected chi connectivity index (χ1v) is 9.21. The Morgan fingerprint density at radius 1 is 1.15 bits per heavy atom. The lowest BCUT2D eigenvalue weighted by molar-refractivity contribution is -0.124. The van der Waals surface area contributed by atoms with Gasteiger partial charge in [0.2, 0.25) is 5.91 Å². The first kappa shape index (κ1) is 22.6. The molecule has 1 unspecified atom stereocenters. The van der Waals surface area contributed by atoms with Crippen molar-refractivity contribution in [2.24, 2.45) is 5.92 Å². The van der Waals surface area contributed by atoms with E-state index in [1.54, 1.807) is 14.2 Å². The fourth-order valence-electron chi connectivity index (χ4n) is 3.79. The van der Waals surface area contributed by atoms with E-state index in [0.29, 0.717) is 13.1 Å². The van der Waals surface area contributed by atoms with E-state index in [0.717, 1.165) is 24.3 Å². The van der Waals surface area contributed by atoms with Crippen molar-refractivity contribution in [3.8, 4) is 11.5 Å². The predicted octanol–water partition coefficient (Wildman–Crippen LogP) is 3.30. The van der Waals surface area contributed by atoms with Gasteiger partial charge in [0.25, 0.3) is 0 Å². The van der Waals surface area contributed by atoms with Gasteiger partial charge in [-0.05, 0) is 37.6 Å². The molecule has 2 N–H and O–H groups in total. The molecule has 1 amide bonds. The number of hydrogen-bond acceptors (Lipinski definition) is 4. The van der Waals surface area contributed by atoms with E-state index in [-0.39, 0.29) is 29.6 Å². The molecule has 0 aromatic heterocycles. The summed E-state index contributed by atoms with van der Waals surface area (Å²) >= 11 is 0. The summed E-state index contributed by atoms with van der Waals surface area (Å²) in [6.07, 6.45) is 5.82. The minimum Gasteiger partial charge on any atom is -0.493 e. The Morgan fingerprint density at radius 3 is 2.38 bits per heavy atom. The highest BCUT2D eigenvalue weighted by molar-refractivity contribution is 5.85. The summed E-state index contributed by atoms with van der Waals surface area (Å²) < 4.78 is 10.9. The lowest BCUT2D eigenvalue weighted by Gasteiger charge is -2.38. The van der Waals surface area contributed by atoms with Crippen LogP contribution < -0.4 is 20.1 Å². The molecule has 0 radical (unpaired) electrons. The second kappa shape index (κ2) is 10.6. The quantitative estimate of drug-likeness (QED) is 0.722. The smallest absolute Gasteiger partial charge is 0.224 e. The van der Waals surface area contributed by atoms with E-state index in [1.165, 1.54) is 24.8 Å². The van der Waals surface area contributed by atoms with Crippen LogP contribution in [0, 0.1) is 5.92 Å². The zero-order chi connectivity index (χ0) is 18.3. The molecule has 0 spiro atoms. The molecule has 6 heteroatoms. The Kier molecular flexibility index (Phi) is 9.23. The van der Waals surface area contributed by atoms with Crippen LogP contribution in [-0.4, -0.2) is 40.3 Å². The zero-order valence-electron chi connectivity index (χ0n) is 16.4. The standard InChI is InChI=1S/C20H32N2O3.ClH/c1-15(13-21-2)19(23)22-14-20(10-6-5-7-11-20)16-8-9-17(24-3)18(12-16)25-4;/h8-9,12,15,21H,5-7,10-11,13-14H2,1-4H3,(H,22,23);1H. The van der Waals surface area contributed by atoms with Crippen LogP contribution in [0.5, 0.6) is 11.5 Å². The Hall–Kier alpha value is -1.46. The molecular weight excluding hydrogens is 352 g/mol.